The van der Waals surface area contributed by atoms with Crippen LogP contribution in [0.4, 0.5) is 0 Å². The fraction of sp³-hybridized carbons (Fsp3) is 0.407. The molecule has 33 heavy (non-hydrogen) atoms. The van der Waals surface area contributed by atoms with Gasteiger partial charge >= 0.3 is 0 Å². The highest BCUT2D eigenvalue weighted by atomic mass is 16.5. The molecule has 0 radical (unpaired) electrons. The van der Waals surface area contributed by atoms with Gasteiger partial charge in [-0.3, -0.25) is 14.4 Å². The Morgan fingerprint density at radius 1 is 1.09 bits per heavy atom. The highest BCUT2D eigenvalue weighted by molar-refractivity contribution is 5.94. The van der Waals surface area contributed by atoms with Crippen molar-refractivity contribution in [1.29, 1.82) is 0 Å². The molecule has 1 fully saturated rings. The quantitative estimate of drug-likeness (QED) is 0.593. The predicted octanol–water partition coefficient (Wildman–Crippen LogP) is 4.23. The van der Waals surface area contributed by atoms with Gasteiger partial charge in [0, 0.05) is 50.4 Å². The van der Waals surface area contributed by atoms with Crippen LogP contribution in [0.1, 0.15) is 58.6 Å². The molecule has 172 valence electrons. The van der Waals surface area contributed by atoms with Crippen LogP contribution in [0.3, 0.4) is 0 Å². The first-order valence-electron chi connectivity index (χ1n) is 12.0. The molecule has 1 amide bonds. The van der Waals surface area contributed by atoms with E-state index in [1.54, 1.807) is 0 Å². The lowest BCUT2D eigenvalue weighted by atomic mass is 10.0. The molecule has 2 aliphatic rings. The fourth-order valence-electron chi connectivity index (χ4n) is 5.02. The molecule has 5 rings (SSSR count). The summed E-state index contributed by atoms with van der Waals surface area (Å²) in [7, 11) is 1.95. The number of nitrogens with one attached hydrogen (secondary N) is 1. The van der Waals surface area contributed by atoms with E-state index < -0.39 is 0 Å². The average molecular weight is 445 g/mol. The third-order valence-corrected chi connectivity index (χ3v) is 6.78. The normalized spacial score (nSPS) is 16.5. The summed E-state index contributed by atoms with van der Waals surface area (Å²) in [5.74, 6) is 0.865. The van der Waals surface area contributed by atoms with Crippen LogP contribution in [0.25, 0.3) is 0 Å². The zero-order valence-electron chi connectivity index (χ0n) is 19.3. The van der Waals surface area contributed by atoms with Crippen LogP contribution in [0.15, 0.2) is 54.6 Å². The van der Waals surface area contributed by atoms with Gasteiger partial charge in [0.25, 0.3) is 5.91 Å². The van der Waals surface area contributed by atoms with E-state index in [1.807, 2.05) is 36.0 Å². The molecule has 0 unspecified atom stereocenters. The summed E-state index contributed by atoms with van der Waals surface area (Å²) in [4.78, 5) is 15.4. The molecule has 6 heteroatoms. The first kappa shape index (κ1) is 21.7. The lowest BCUT2D eigenvalue weighted by molar-refractivity contribution is 0.0929. The number of carbonyl (C=O) groups excluding carboxylic acids is 1. The Morgan fingerprint density at radius 2 is 1.88 bits per heavy atom. The van der Waals surface area contributed by atoms with Gasteiger partial charge in [-0.05, 0) is 36.1 Å². The van der Waals surface area contributed by atoms with Gasteiger partial charge < -0.3 is 10.1 Å². The van der Waals surface area contributed by atoms with Crippen LogP contribution in [-0.4, -0.2) is 33.2 Å². The molecule has 1 aromatic heterocycles. The number of hydrogen-bond donors (Lipinski definition) is 1. The third-order valence-electron chi connectivity index (χ3n) is 6.78. The van der Waals surface area contributed by atoms with Crippen molar-refractivity contribution < 1.29 is 9.53 Å². The Morgan fingerprint density at radius 3 is 2.70 bits per heavy atom. The van der Waals surface area contributed by atoms with Gasteiger partial charge in [-0.25, -0.2) is 0 Å². The first-order chi connectivity index (χ1) is 16.2. The van der Waals surface area contributed by atoms with E-state index in [1.165, 1.54) is 24.1 Å². The molecule has 1 N–H and O–H groups in total. The Hall–Kier alpha value is -3.12. The number of hydrogen-bond acceptors (Lipinski definition) is 4. The maximum absolute atomic E-state index is 13.0. The average Bonchev–Trinajstić information content (AvgIpc) is 3.46. The van der Waals surface area contributed by atoms with E-state index in [2.05, 4.69) is 45.6 Å². The van der Waals surface area contributed by atoms with E-state index in [9.17, 15) is 4.79 Å². The number of nitrogens with zero attached hydrogens (tertiary/aromatic N) is 3. The molecule has 2 aromatic carbocycles. The second kappa shape index (κ2) is 9.79. The van der Waals surface area contributed by atoms with Gasteiger partial charge in [0.15, 0.2) is 5.69 Å². The maximum atomic E-state index is 13.0. The number of amides is 1. The lowest BCUT2D eigenvalue weighted by Crippen LogP contribution is -2.35. The van der Waals surface area contributed by atoms with Gasteiger partial charge in [0.05, 0.1) is 0 Å². The summed E-state index contributed by atoms with van der Waals surface area (Å²) in [6, 6.07) is 18.8. The van der Waals surface area contributed by atoms with Crippen LogP contribution in [0.2, 0.25) is 0 Å². The monoisotopic (exact) mass is 444 g/mol. The molecule has 6 nitrogen and oxygen atoms in total. The molecule has 3 aromatic rings. The van der Waals surface area contributed by atoms with Crippen LogP contribution in [-0.2, 0) is 33.2 Å². The summed E-state index contributed by atoms with van der Waals surface area (Å²) in [6.45, 7) is 3.07. The van der Waals surface area contributed by atoms with Crippen molar-refractivity contribution in [1.82, 2.24) is 20.0 Å². The number of aromatic nitrogens is 2. The zero-order chi connectivity index (χ0) is 22.6. The van der Waals surface area contributed by atoms with Crippen molar-refractivity contribution in [2.24, 2.45) is 7.05 Å². The Bertz CT molecular complexity index is 1100. The van der Waals surface area contributed by atoms with Crippen LogP contribution in [0.5, 0.6) is 5.75 Å². The van der Waals surface area contributed by atoms with Gasteiger partial charge in [-0.15, -0.1) is 0 Å². The first-order valence-corrected chi connectivity index (χ1v) is 12.0. The maximum Gasteiger partial charge on any atom is 0.272 e. The van der Waals surface area contributed by atoms with Crippen molar-refractivity contribution in [3.8, 4) is 5.75 Å². The lowest BCUT2D eigenvalue weighted by Gasteiger charge is -2.27. The summed E-state index contributed by atoms with van der Waals surface area (Å²) in [5, 5.41) is 7.81. The largest absolute Gasteiger partial charge is 0.489 e. The number of fused-ring (bicyclic) bond motifs is 1. The summed E-state index contributed by atoms with van der Waals surface area (Å²) in [6.07, 6.45) is 5.46. The van der Waals surface area contributed by atoms with Crippen LogP contribution in [0, 0.1) is 0 Å². The van der Waals surface area contributed by atoms with E-state index in [4.69, 9.17) is 4.74 Å². The number of carbonyl (C=O) groups is 1. The molecule has 0 spiro atoms. The van der Waals surface area contributed by atoms with E-state index in [0.717, 1.165) is 55.8 Å². The van der Waals surface area contributed by atoms with Crippen molar-refractivity contribution in [2.75, 3.05) is 6.54 Å². The molecular weight excluding hydrogens is 412 g/mol. The molecule has 1 aliphatic heterocycles. The molecular formula is C27H32N4O2. The van der Waals surface area contributed by atoms with Crippen LogP contribution >= 0.6 is 0 Å². The Kier molecular flexibility index (Phi) is 6.44. The minimum Gasteiger partial charge on any atom is -0.489 e. The predicted molar refractivity (Wildman–Crippen MR) is 128 cm³/mol. The van der Waals surface area contributed by atoms with Gasteiger partial charge in [-0.2, -0.15) is 5.10 Å². The molecule has 1 saturated carbocycles. The minimum absolute atomic E-state index is 0.0168. The highest BCUT2D eigenvalue weighted by Crippen LogP contribution is 2.25. The van der Waals surface area contributed by atoms with Crippen molar-refractivity contribution in [3.63, 3.8) is 0 Å². The SMILES string of the molecule is Cn1nc(C(=O)NC2CCCC2)c2c1CCN(Cc1cccc(OCc3ccccc3)c1)C2. The number of ether oxygens (including phenoxy) is 1. The summed E-state index contributed by atoms with van der Waals surface area (Å²) in [5.41, 5.74) is 5.24. The van der Waals surface area contributed by atoms with Crippen LogP contribution < -0.4 is 10.1 Å². The van der Waals surface area contributed by atoms with Gasteiger partial charge in [0.2, 0.25) is 0 Å². The topological polar surface area (TPSA) is 59.4 Å². The van der Waals surface area contributed by atoms with E-state index in [-0.39, 0.29) is 5.91 Å². The second-order valence-corrected chi connectivity index (χ2v) is 9.23. The Labute approximate surface area is 195 Å². The highest BCUT2D eigenvalue weighted by Gasteiger charge is 2.28. The van der Waals surface area contributed by atoms with Gasteiger partial charge in [-0.1, -0.05) is 55.3 Å². The number of benzene rings is 2. The van der Waals surface area contributed by atoms with Crippen molar-refractivity contribution >= 4 is 5.91 Å². The van der Waals surface area contributed by atoms with E-state index in [0.29, 0.717) is 18.3 Å². The van der Waals surface area contributed by atoms with Crippen molar-refractivity contribution in [2.45, 2.75) is 57.8 Å². The van der Waals surface area contributed by atoms with E-state index >= 15 is 0 Å². The molecule has 2 heterocycles. The number of rotatable bonds is 7. The molecule has 0 bridgehead atoms. The van der Waals surface area contributed by atoms with Crippen molar-refractivity contribution in [3.05, 3.63) is 82.7 Å². The molecule has 0 atom stereocenters. The zero-order valence-corrected chi connectivity index (χ0v) is 19.3. The third kappa shape index (κ3) is 5.11. The summed E-state index contributed by atoms with van der Waals surface area (Å²) < 4.78 is 7.91. The number of aryl methyl sites for hydroxylation is 1. The smallest absolute Gasteiger partial charge is 0.272 e. The standard InChI is InChI=1S/C27H32N4O2/c1-30-25-14-15-31(18-24(25)26(29-30)27(32)28-22-11-5-6-12-22)17-21-10-7-13-23(16-21)33-19-20-8-3-2-4-9-20/h2-4,7-10,13,16,22H,5-6,11-12,14-15,17-19H2,1H3,(H,28,32). The second-order valence-electron chi connectivity index (χ2n) is 9.23. The Balaban J connectivity index is 1.24. The summed E-state index contributed by atoms with van der Waals surface area (Å²) >= 11 is 0. The van der Waals surface area contributed by atoms with Gasteiger partial charge in [0.1, 0.15) is 12.4 Å². The molecule has 0 saturated heterocycles. The fourth-order valence-corrected chi connectivity index (χ4v) is 5.02. The minimum atomic E-state index is -0.0168. The molecule has 1 aliphatic carbocycles.